The van der Waals surface area contributed by atoms with Crippen molar-refractivity contribution in [2.75, 3.05) is 17.1 Å². The highest BCUT2D eigenvalue weighted by molar-refractivity contribution is 7.92. The summed E-state index contributed by atoms with van der Waals surface area (Å²) >= 11 is 6.06. The van der Waals surface area contributed by atoms with Crippen molar-refractivity contribution in [3.8, 4) is 0 Å². The molecule has 2 aromatic rings. The van der Waals surface area contributed by atoms with Crippen LogP contribution in [0.4, 0.5) is 23.2 Å². The van der Waals surface area contributed by atoms with E-state index in [4.69, 9.17) is 11.6 Å². The van der Waals surface area contributed by atoms with Gasteiger partial charge in [0.15, 0.2) is 0 Å². The van der Waals surface area contributed by atoms with Crippen molar-refractivity contribution in [2.24, 2.45) is 0 Å². The van der Waals surface area contributed by atoms with Gasteiger partial charge in [0, 0.05) is 18.2 Å². The molecule has 1 saturated carbocycles. The fourth-order valence-electron chi connectivity index (χ4n) is 4.26. The van der Waals surface area contributed by atoms with Crippen LogP contribution in [0.15, 0.2) is 42.5 Å². The first-order valence-corrected chi connectivity index (χ1v) is 14.1. The van der Waals surface area contributed by atoms with Crippen molar-refractivity contribution in [1.82, 2.24) is 10.2 Å². The van der Waals surface area contributed by atoms with Crippen LogP contribution in [0.1, 0.15) is 43.7 Å². The summed E-state index contributed by atoms with van der Waals surface area (Å²) in [6.45, 7) is 0.0825. The van der Waals surface area contributed by atoms with E-state index >= 15 is 0 Å². The largest absolute Gasteiger partial charge is 0.416 e. The van der Waals surface area contributed by atoms with Crippen LogP contribution in [0.3, 0.4) is 0 Å². The monoisotopic (exact) mass is 577 g/mol. The van der Waals surface area contributed by atoms with Crippen LogP contribution in [0.5, 0.6) is 0 Å². The van der Waals surface area contributed by atoms with Gasteiger partial charge in [-0.15, -0.1) is 0 Å². The smallest absolute Gasteiger partial charge is 0.352 e. The Morgan fingerprint density at radius 1 is 1.13 bits per heavy atom. The molecule has 1 aliphatic carbocycles. The molecule has 1 N–H and O–H groups in total. The maximum absolute atomic E-state index is 14.5. The van der Waals surface area contributed by atoms with Crippen molar-refractivity contribution in [3.05, 3.63) is 64.4 Å². The van der Waals surface area contributed by atoms with E-state index in [0.717, 1.165) is 36.6 Å². The van der Waals surface area contributed by atoms with Crippen LogP contribution in [0, 0.1) is 5.82 Å². The van der Waals surface area contributed by atoms with Gasteiger partial charge in [-0.25, -0.2) is 12.8 Å². The van der Waals surface area contributed by atoms with Gasteiger partial charge < -0.3 is 10.2 Å². The number of rotatable bonds is 9. The van der Waals surface area contributed by atoms with Gasteiger partial charge in [0.05, 0.1) is 22.5 Å². The zero-order valence-electron chi connectivity index (χ0n) is 20.8. The molecule has 2 aromatic carbocycles. The first-order valence-electron chi connectivity index (χ1n) is 11.9. The molecule has 1 fully saturated rings. The normalized spacial score (nSPS) is 15.2. The van der Waals surface area contributed by atoms with E-state index in [1.54, 1.807) is 0 Å². The number of sulfonamides is 1. The topological polar surface area (TPSA) is 86.8 Å². The second-order valence-electron chi connectivity index (χ2n) is 9.21. The Balaban J connectivity index is 1.97. The van der Waals surface area contributed by atoms with Crippen LogP contribution >= 0.6 is 11.6 Å². The van der Waals surface area contributed by atoms with E-state index in [9.17, 15) is 35.6 Å². The van der Waals surface area contributed by atoms with Gasteiger partial charge >= 0.3 is 6.18 Å². The summed E-state index contributed by atoms with van der Waals surface area (Å²) in [5.41, 5.74) is -1.64. The van der Waals surface area contributed by atoms with Crippen molar-refractivity contribution < 1.29 is 35.6 Å². The van der Waals surface area contributed by atoms with Gasteiger partial charge in [-0.3, -0.25) is 13.9 Å². The predicted octanol–water partition coefficient (Wildman–Crippen LogP) is 4.74. The number of carbonyl (C=O) groups excluding carboxylic acids is 2. The van der Waals surface area contributed by atoms with Gasteiger partial charge in [-0.05, 0) is 44.0 Å². The second-order valence-corrected chi connectivity index (χ2v) is 11.5. The first-order chi connectivity index (χ1) is 17.7. The third-order valence-corrected chi connectivity index (χ3v) is 7.83. The Bertz CT molecular complexity index is 1280. The van der Waals surface area contributed by atoms with Crippen LogP contribution in [0.2, 0.25) is 5.02 Å². The van der Waals surface area contributed by atoms with E-state index < -0.39 is 57.7 Å². The molecule has 0 bridgehead atoms. The molecule has 13 heteroatoms. The molecule has 0 saturated heterocycles. The maximum atomic E-state index is 14.5. The van der Waals surface area contributed by atoms with Gasteiger partial charge in [-0.2, -0.15) is 13.2 Å². The van der Waals surface area contributed by atoms with Crippen LogP contribution in [0.25, 0.3) is 0 Å². The summed E-state index contributed by atoms with van der Waals surface area (Å²) in [6.07, 6.45) is -0.647. The Kier molecular flexibility index (Phi) is 9.30. The Labute approximate surface area is 223 Å². The summed E-state index contributed by atoms with van der Waals surface area (Å²) in [5, 5.41) is 2.53. The van der Waals surface area contributed by atoms with E-state index in [0.29, 0.717) is 22.7 Å². The molecule has 0 spiro atoms. The summed E-state index contributed by atoms with van der Waals surface area (Å²) in [4.78, 5) is 27.5. The number of nitrogens with zero attached hydrogens (tertiary/aromatic N) is 2. The number of amides is 2. The number of hydrogen-bond donors (Lipinski definition) is 1. The fourth-order valence-corrected chi connectivity index (χ4v) is 5.38. The zero-order valence-corrected chi connectivity index (χ0v) is 22.3. The molecule has 7 nitrogen and oxygen atoms in total. The Hall–Kier alpha value is -2.86. The molecule has 208 valence electrons. The fraction of sp³-hybridized carbons (Fsp3) is 0.440. The number of halogens is 5. The minimum absolute atomic E-state index is 0.0735. The standard InChI is InChI=1S/C25H28ClF4N3O4S/c1-16(24(35)31-19-8-4-5-9-19)32(14-17-7-3-6-10-21(17)27)23(34)15-33(38(2,36)37)22-13-18(25(28,29)30)11-12-20(22)26/h3,6-7,10-13,16,19H,4-5,8-9,14-15H2,1-2H3,(H,31,35)/t16-/m0/s1. The molecule has 38 heavy (non-hydrogen) atoms. The first kappa shape index (κ1) is 29.7. The molecule has 0 aliphatic heterocycles. The summed E-state index contributed by atoms with van der Waals surface area (Å²) in [7, 11) is -4.32. The number of benzene rings is 2. The molecule has 3 rings (SSSR count). The highest BCUT2D eigenvalue weighted by Gasteiger charge is 2.35. The van der Waals surface area contributed by atoms with Crippen molar-refractivity contribution >= 4 is 39.1 Å². The molecule has 1 aliphatic rings. The number of nitrogens with one attached hydrogen (secondary N) is 1. The molecule has 0 heterocycles. The molecule has 0 radical (unpaired) electrons. The molecule has 1 atom stereocenters. The van der Waals surface area contributed by atoms with Crippen LogP contribution < -0.4 is 9.62 Å². The number of hydrogen-bond acceptors (Lipinski definition) is 4. The summed E-state index contributed by atoms with van der Waals surface area (Å²) < 4.78 is 80.1. The Morgan fingerprint density at radius 3 is 2.34 bits per heavy atom. The van der Waals surface area contributed by atoms with Crippen molar-refractivity contribution in [3.63, 3.8) is 0 Å². The van der Waals surface area contributed by atoms with E-state index in [1.165, 1.54) is 31.2 Å². The molecular formula is C25H28ClF4N3O4S. The lowest BCUT2D eigenvalue weighted by atomic mass is 10.1. The van der Waals surface area contributed by atoms with E-state index in [1.807, 2.05) is 0 Å². The molecule has 2 amide bonds. The number of carbonyl (C=O) groups is 2. The van der Waals surface area contributed by atoms with Crippen molar-refractivity contribution in [1.29, 1.82) is 0 Å². The summed E-state index contributed by atoms with van der Waals surface area (Å²) in [6, 6.07) is 6.46. The molecular weight excluding hydrogens is 550 g/mol. The lowest BCUT2D eigenvalue weighted by Crippen LogP contribution is -2.52. The SMILES string of the molecule is C[C@@H](C(=O)NC1CCCC1)N(Cc1ccccc1F)C(=O)CN(c1cc(C(F)(F)F)ccc1Cl)S(C)(=O)=O. The Morgan fingerprint density at radius 2 is 1.76 bits per heavy atom. The maximum Gasteiger partial charge on any atom is 0.416 e. The zero-order chi connectivity index (χ0) is 28.3. The number of alkyl halides is 3. The average Bonchev–Trinajstić information content (AvgIpc) is 3.33. The number of anilines is 1. The van der Waals surface area contributed by atoms with Crippen molar-refractivity contribution in [2.45, 2.75) is 57.4 Å². The highest BCUT2D eigenvalue weighted by Crippen LogP contribution is 2.36. The van der Waals surface area contributed by atoms with Gasteiger partial charge in [0.2, 0.25) is 21.8 Å². The third kappa shape index (κ3) is 7.37. The van der Waals surface area contributed by atoms with Crippen LogP contribution in [-0.2, 0) is 32.3 Å². The average molecular weight is 578 g/mol. The lowest BCUT2D eigenvalue weighted by Gasteiger charge is -2.32. The quantitative estimate of drug-likeness (QED) is 0.436. The summed E-state index contributed by atoms with van der Waals surface area (Å²) in [5.74, 6) is -2.08. The van der Waals surface area contributed by atoms with Crippen LogP contribution in [-0.4, -0.2) is 50.0 Å². The molecule has 0 unspecified atom stereocenters. The van der Waals surface area contributed by atoms with E-state index in [-0.39, 0.29) is 23.2 Å². The predicted molar refractivity (Wildman–Crippen MR) is 135 cm³/mol. The van der Waals surface area contributed by atoms with Gasteiger partial charge in [0.1, 0.15) is 18.4 Å². The second kappa shape index (κ2) is 11.9. The van der Waals surface area contributed by atoms with Gasteiger partial charge in [-0.1, -0.05) is 42.6 Å². The van der Waals surface area contributed by atoms with Gasteiger partial charge in [0.25, 0.3) is 0 Å². The molecule has 0 aromatic heterocycles. The minimum Gasteiger partial charge on any atom is -0.352 e. The third-order valence-electron chi connectivity index (χ3n) is 6.39. The minimum atomic E-state index is -4.80. The lowest BCUT2D eigenvalue weighted by molar-refractivity contribution is -0.139. The van der Waals surface area contributed by atoms with E-state index in [2.05, 4.69) is 5.32 Å². The highest BCUT2D eigenvalue weighted by atomic mass is 35.5.